The molecule has 0 aliphatic rings. The number of ether oxygens (including phenoxy) is 1. The van der Waals surface area contributed by atoms with E-state index in [0.29, 0.717) is 0 Å². The summed E-state index contributed by atoms with van der Waals surface area (Å²) in [6.45, 7) is 0.985. The second kappa shape index (κ2) is 6.18. The van der Waals surface area contributed by atoms with Gasteiger partial charge in [-0.05, 0) is 24.6 Å². The molecule has 1 aromatic carbocycles. The Hall–Kier alpha value is -1.35. The molecule has 0 saturated carbocycles. The van der Waals surface area contributed by atoms with Crippen LogP contribution in [0.1, 0.15) is 18.5 Å². The summed E-state index contributed by atoms with van der Waals surface area (Å²) in [6, 6.07) is 3.05. The van der Waals surface area contributed by atoms with Gasteiger partial charge in [-0.3, -0.25) is 0 Å². The van der Waals surface area contributed by atoms with Crippen molar-refractivity contribution in [2.75, 3.05) is 0 Å². The Bertz CT molecular complexity index is 440. The van der Waals surface area contributed by atoms with E-state index in [4.69, 9.17) is 5.73 Å². The first-order valence-electron chi connectivity index (χ1n) is 5.73. The molecule has 0 amide bonds. The number of hydrogen-bond acceptors (Lipinski definition) is 2. The number of alkyl halides is 6. The highest BCUT2D eigenvalue weighted by Gasteiger charge is 2.58. The summed E-state index contributed by atoms with van der Waals surface area (Å²) in [4.78, 5) is 0. The standard InChI is InChI=1S/C12H12F7NO/c1-6(9(20)7-2-4-8(13)5-3-7)21-10(11(14,15)16)12(17,18)19/h2-6,9-10H,20H2,1H3. The third-order valence-corrected chi connectivity index (χ3v) is 2.71. The summed E-state index contributed by atoms with van der Waals surface area (Å²) >= 11 is 0. The van der Waals surface area contributed by atoms with Crippen LogP contribution in [0.5, 0.6) is 0 Å². The van der Waals surface area contributed by atoms with E-state index in [0.717, 1.165) is 31.2 Å². The molecule has 2 nitrogen and oxygen atoms in total. The lowest BCUT2D eigenvalue weighted by Gasteiger charge is -2.29. The molecule has 120 valence electrons. The number of halogens is 7. The second-order valence-electron chi connectivity index (χ2n) is 4.38. The molecule has 0 aliphatic heterocycles. The summed E-state index contributed by atoms with van der Waals surface area (Å²) in [5.41, 5.74) is 5.70. The Kier molecular flexibility index (Phi) is 5.21. The molecule has 9 heteroatoms. The lowest BCUT2D eigenvalue weighted by Crippen LogP contribution is -2.47. The smallest absolute Gasteiger partial charge is 0.356 e. The van der Waals surface area contributed by atoms with Crippen molar-refractivity contribution in [3.05, 3.63) is 35.6 Å². The Labute approximate surface area is 115 Å². The minimum absolute atomic E-state index is 0.159. The lowest BCUT2D eigenvalue weighted by molar-refractivity contribution is -0.331. The van der Waals surface area contributed by atoms with E-state index >= 15 is 0 Å². The highest BCUT2D eigenvalue weighted by molar-refractivity contribution is 5.20. The third-order valence-electron chi connectivity index (χ3n) is 2.71. The van der Waals surface area contributed by atoms with Crippen molar-refractivity contribution >= 4 is 0 Å². The third kappa shape index (κ3) is 4.85. The normalized spacial score (nSPS) is 16.1. The van der Waals surface area contributed by atoms with Gasteiger partial charge in [0.05, 0.1) is 12.1 Å². The summed E-state index contributed by atoms with van der Waals surface area (Å²) in [6.07, 6.45) is -16.7. The van der Waals surface area contributed by atoms with Gasteiger partial charge in [0.2, 0.25) is 6.10 Å². The van der Waals surface area contributed by atoms with Gasteiger partial charge < -0.3 is 10.5 Å². The van der Waals surface area contributed by atoms with Gasteiger partial charge in [0, 0.05) is 0 Å². The summed E-state index contributed by atoms with van der Waals surface area (Å²) in [5, 5.41) is 0. The second-order valence-corrected chi connectivity index (χ2v) is 4.38. The topological polar surface area (TPSA) is 35.2 Å². The van der Waals surface area contributed by atoms with Gasteiger partial charge in [0.25, 0.3) is 0 Å². The first-order chi connectivity index (χ1) is 9.43. The Morgan fingerprint density at radius 2 is 1.38 bits per heavy atom. The van der Waals surface area contributed by atoms with Crippen LogP contribution in [0.25, 0.3) is 0 Å². The summed E-state index contributed by atoms with van der Waals surface area (Å²) in [7, 11) is 0. The lowest BCUT2D eigenvalue weighted by atomic mass is 10.0. The highest BCUT2D eigenvalue weighted by Crippen LogP contribution is 2.37. The van der Waals surface area contributed by atoms with E-state index in [1.165, 1.54) is 0 Å². The van der Waals surface area contributed by atoms with Crippen LogP contribution in [-0.2, 0) is 4.74 Å². The van der Waals surface area contributed by atoms with Crippen LogP contribution in [0.2, 0.25) is 0 Å². The quantitative estimate of drug-likeness (QED) is 0.859. The summed E-state index contributed by atoms with van der Waals surface area (Å²) in [5.74, 6) is -0.608. The van der Waals surface area contributed by atoms with Crippen LogP contribution < -0.4 is 5.73 Å². The minimum Gasteiger partial charge on any atom is -0.356 e. The number of rotatable bonds is 4. The van der Waals surface area contributed by atoms with Crippen LogP contribution in [0.3, 0.4) is 0 Å². The zero-order valence-corrected chi connectivity index (χ0v) is 10.7. The van der Waals surface area contributed by atoms with Crippen molar-refractivity contribution in [2.24, 2.45) is 5.73 Å². The average molecular weight is 319 g/mol. The number of benzene rings is 1. The van der Waals surface area contributed by atoms with Crippen LogP contribution in [0.4, 0.5) is 30.7 Å². The van der Waals surface area contributed by atoms with Crippen molar-refractivity contribution in [2.45, 2.75) is 37.5 Å². The van der Waals surface area contributed by atoms with Crippen LogP contribution in [-0.4, -0.2) is 24.6 Å². The zero-order chi connectivity index (χ0) is 16.4. The molecule has 2 atom stereocenters. The molecular formula is C12H12F7NO. The van der Waals surface area contributed by atoms with E-state index in [2.05, 4.69) is 4.74 Å². The maximum Gasteiger partial charge on any atom is 0.423 e. The Balaban J connectivity index is 2.87. The van der Waals surface area contributed by atoms with Gasteiger partial charge in [-0.1, -0.05) is 12.1 Å². The Morgan fingerprint density at radius 1 is 0.952 bits per heavy atom. The Morgan fingerprint density at radius 3 is 1.76 bits per heavy atom. The largest absolute Gasteiger partial charge is 0.423 e. The fraction of sp³-hybridized carbons (Fsp3) is 0.500. The molecule has 0 radical (unpaired) electrons. The molecule has 0 saturated heterocycles. The predicted molar refractivity (Wildman–Crippen MR) is 59.8 cm³/mol. The fourth-order valence-corrected chi connectivity index (χ4v) is 1.60. The monoisotopic (exact) mass is 319 g/mol. The van der Waals surface area contributed by atoms with Crippen LogP contribution >= 0.6 is 0 Å². The van der Waals surface area contributed by atoms with Crippen molar-refractivity contribution in [1.29, 1.82) is 0 Å². The molecule has 0 aromatic heterocycles. The van der Waals surface area contributed by atoms with Gasteiger partial charge >= 0.3 is 12.4 Å². The maximum absolute atomic E-state index is 12.7. The molecular weight excluding hydrogens is 307 g/mol. The van der Waals surface area contributed by atoms with Crippen molar-refractivity contribution in [1.82, 2.24) is 0 Å². The van der Waals surface area contributed by atoms with Crippen molar-refractivity contribution in [3.63, 3.8) is 0 Å². The number of hydrogen-bond donors (Lipinski definition) is 1. The molecule has 0 heterocycles. The van der Waals surface area contributed by atoms with Gasteiger partial charge in [-0.2, -0.15) is 26.3 Å². The predicted octanol–water partition coefficient (Wildman–Crippen LogP) is 3.72. The number of nitrogens with two attached hydrogens (primary N) is 1. The van der Waals surface area contributed by atoms with Crippen molar-refractivity contribution in [3.8, 4) is 0 Å². The molecule has 0 aliphatic carbocycles. The van der Waals surface area contributed by atoms with Crippen LogP contribution in [0, 0.1) is 5.82 Å². The van der Waals surface area contributed by atoms with E-state index < -0.39 is 36.4 Å². The summed E-state index contributed by atoms with van der Waals surface area (Å²) < 4.78 is 90.9. The first-order valence-corrected chi connectivity index (χ1v) is 5.73. The van der Waals surface area contributed by atoms with Gasteiger partial charge in [0.1, 0.15) is 5.82 Å². The SMILES string of the molecule is CC(OC(C(F)(F)F)C(F)(F)F)C(N)c1ccc(F)cc1. The molecule has 21 heavy (non-hydrogen) atoms. The van der Waals surface area contributed by atoms with Crippen molar-refractivity contribution < 1.29 is 35.5 Å². The van der Waals surface area contributed by atoms with Gasteiger partial charge in [-0.25, -0.2) is 4.39 Å². The van der Waals surface area contributed by atoms with E-state index in [-0.39, 0.29) is 5.56 Å². The zero-order valence-electron chi connectivity index (χ0n) is 10.7. The average Bonchev–Trinajstić information content (AvgIpc) is 2.33. The molecule has 1 aromatic rings. The van der Waals surface area contributed by atoms with E-state index in [1.54, 1.807) is 0 Å². The first kappa shape index (κ1) is 17.7. The minimum atomic E-state index is -5.60. The van der Waals surface area contributed by atoms with Crippen LogP contribution in [0.15, 0.2) is 24.3 Å². The molecule has 0 spiro atoms. The van der Waals surface area contributed by atoms with E-state index in [9.17, 15) is 30.7 Å². The molecule has 2 N–H and O–H groups in total. The molecule has 0 fully saturated rings. The molecule has 2 unspecified atom stereocenters. The molecule has 1 rings (SSSR count). The highest BCUT2D eigenvalue weighted by atomic mass is 19.4. The fourth-order valence-electron chi connectivity index (χ4n) is 1.60. The van der Waals surface area contributed by atoms with E-state index in [1.807, 2.05) is 0 Å². The van der Waals surface area contributed by atoms with Gasteiger partial charge in [-0.15, -0.1) is 0 Å². The maximum atomic E-state index is 12.7. The molecule has 0 bridgehead atoms. The van der Waals surface area contributed by atoms with Gasteiger partial charge in [0.15, 0.2) is 0 Å².